The molecular weight excluding hydrogens is 400 g/mol. The van der Waals surface area contributed by atoms with Gasteiger partial charge in [-0.05, 0) is 18.2 Å². The number of hydrogen-bond acceptors (Lipinski definition) is 3. The summed E-state index contributed by atoms with van der Waals surface area (Å²) >= 11 is 0. The highest BCUT2D eigenvalue weighted by Gasteiger charge is 2.27. The lowest BCUT2D eigenvalue weighted by Gasteiger charge is -2.32. The van der Waals surface area contributed by atoms with Gasteiger partial charge >= 0.3 is 0 Å². The first-order valence-electron chi connectivity index (χ1n) is 10.1. The number of ketones is 1. The molecule has 1 amide bonds. The molecule has 0 radical (unpaired) electrons. The van der Waals surface area contributed by atoms with Crippen LogP contribution >= 0.6 is 0 Å². The van der Waals surface area contributed by atoms with Crippen molar-refractivity contribution < 1.29 is 23.1 Å². The van der Waals surface area contributed by atoms with Crippen molar-refractivity contribution in [2.24, 2.45) is 0 Å². The van der Waals surface area contributed by atoms with Crippen LogP contribution in [0.2, 0.25) is 0 Å². The number of amides is 1. The second-order valence-corrected chi connectivity index (χ2v) is 7.42. The highest BCUT2D eigenvalue weighted by atomic mass is 19.1. The summed E-state index contributed by atoms with van der Waals surface area (Å²) in [6.45, 7) is 0.834. The van der Waals surface area contributed by atoms with Gasteiger partial charge in [0.2, 0.25) is 0 Å². The minimum Gasteiger partial charge on any atom is -0.487 e. The second-order valence-electron chi connectivity index (χ2n) is 7.42. The number of piperidine rings is 1. The van der Waals surface area contributed by atoms with E-state index in [0.717, 1.165) is 12.1 Å². The second kappa shape index (κ2) is 9.08. The lowest BCUT2D eigenvalue weighted by Crippen LogP contribution is -2.42. The molecule has 158 valence electrons. The van der Waals surface area contributed by atoms with Crippen LogP contribution in [0.25, 0.3) is 0 Å². The van der Waals surface area contributed by atoms with E-state index >= 15 is 0 Å². The number of rotatable bonds is 5. The van der Waals surface area contributed by atoms with E-state index in [1.54, 1.807) is 53.4 Å². The number of ether oxygens (including phenoxy) is 1. The predicted molar refractivity (Wildman–Crippen MR) is 112 cm³/mol. The van der Waals surface area contributed by atoms with Crippen LogP contribution in [0.1, 0.15) is 39.1 Å². The zero-order chi connectivity index (χ0) is 21.8. The van der Waals surface area contributed by atoms with Gasteiger partial charge in [0.25, 0.3) is 5.91 Å². The van der Waals surface area contributed by atoms with Crippen LogP contribution in [0, 0.1) is 11.6 Å². The Morgan fingerprint density at radius 2 is 1.48 bits per heavy atom. The number of carbonyl (C=O) groups excluding carboxylic acids is 2. The average Bonchev–Trinajstić information content (AvgIpc) is 2.81. The Labute approximate surface area is 179 Å². The molecule has 0 aromatic heterocycles. The largest absolute Gasteiger partial charge is 0.487 e. The normalized spacial score (nSPS) is 14.3. The van der Waals surface area contributed by atoms with E-state index in [1.807, 2.05) is 6.07 Å². The number of carbonyl (C=O) groups is 2. The van der Waals surface area contributed by atoms with Gasteiger partial charge < -0.3 is 9.64 Å². The summed E-state index contributed by atoms with van der Waals surface area (Å²) in [6.07, 6.45) is 0.750. The van der Waals surface area contributed by atoms with E-state index in [4.69, 9.17) is 4.74 Å². The molecule has 3 aromatic carbocycles. The van der Waals surface area contributed by atoms with Crippen LogP contribution in [-0.2, 0) is 0 Å². The van der Waals surface area contributed by atoms with Gasteiger partial charge in [-0.1, -0.05) is 48.5 Å². The molecule has 4 nitrogen and oxygen atoms in total. The molecule has 0 atom stereocenters. The van der Waals surface area contributed by atoms with Gasteiger partial charge in [0, 0.05) is 43.1 Å². The fourth-order valence-corrected chi connectivity index (χ4v) is 3.71. The quantitative estimate of drug-likeness (QED) is 0.552. The van der Waals surface area contributed by atoms with Gasteiger partial charge in [0.1, 0.15) is 11.9 Å². The van der Waals surface area contributed by atoms with Crippen LogP contribution < -0.4 is 4.74 Å². The number of benzene rings is 3. The van der Waals surface area contributed by atoms with E-state index in [9.17, 15) is 18.4 Å². The summed E-state index contributed by atoms with van der Waals surface area (Å²) in [5.74, 6) is -1.81. The molecule has 1 aliphatic heterocycles. The van der Waals surface area contributed by atoms with Crippen molar-refractivity contribution in [2.45, 2.75) is 18.9 Å². The number of hydrogen-bond donors (Lipinski definition) is 0. The molecule has 0 N–H and O–H groups in total. The van der Waals surface area contributed by atoms with E-state index in [1.165, 1.54) is 6.07 Å². The third-order valence-corrected chi connectivity index (χ3v) is 5.35. The minimum absolute atomic E-state index is 0.00461. The van der Waals surface area contributed by atoms with E-state index in [2.05, 4.69) is 0 Å². The van der Waals surface area contributed by atoms with Crippen LogP contribution in [0.3, 0.4) is 0 Å². The van der Waals surface area contributed by atoms with Crippen LogP contribution in [-0.4, -0.2) is 35.8 Å². The van der Waals surface area contributed by atoms with Crippen molar-refractivity contribution in [3.8, 4) is 5.75 Å². The smallest absolute Gasteiger partial charge is 0.254 e. The number of likely N-dealkylation sites (tertiary alicyclic amines) is 1. The molecule has 1 fully saturated rings. The Morgan fingerprint density at radius 1 is 0.839 bits per heavy atom. The molecule has 0 saturated carbocycles. The summed E-state index contributed by atoms with van der Waals surface area (Å²) in [4.78, 5) is 27.7. The molecule has 3 aromatic rings. The first-order chi connectivity index (χ1) is 15.0. The average molecular weight is 421 g/mol. The first kappa shape index (κ1) is 20.7. The van der Waals surface area contributed by atoms with Crippen molar-refractivity contribution in [3.05, 3.63) is 101 Å². The lowest BCUT2D eigenvalue weighted by atomic mass is 9.97. The fourth-order valence-electron chi connectivity index (χ4n) is 3.71. The van der Waals surface area contributed by atoms with Gasteiger partial charge in [-0.25, -0.2) is 8.78 Å². The van der Waals surface area contributed by atoms with Crippen molar-refractivity contribution in [2.75, 3.05) is 13.1 Å². The Bertz CT molecular complexity index is 1090. The highest BCUT2D eigenvalue weighted by molar-refractivity contribution is 6.15. The van der Waals surface area contributed by atoms with Gasteiger partial charge in [-0.15, -0.1) is 0 Å². The van der Waals surface area contributed by atoms with Crippen LogP contribution in [0.15, 0.2) is 72.8 Å². The first-order valence-corrected chi connectivity index (χ1v) is 10.1. The predicted octanol–water partition coefficient (Wildman–Crippen LogP) is 4.88. The molecule has 31 heavy (non-hydrogen) atoms. The Hall–Kier alpha value is -3.54. The van der Waals surface area contributed by atoms with Crippen LogP contribution in [0.4, 0.5) is 8.78 Å². The Balaban J connectivity index is 1.44. The van der Waals surface area contributed by atoms with E-state index < -0.39 is 11.6 Å². The number of halogens is 2. The highest BCUT2D eigenvalue weighted by Crippen LogP contribution is 2.24. The van der Waals surface area contributed by atoms with Crippen molar-refractivity contribution in [3.63, 3.8) is 0 Å². The Kier molecular flexibility index (Phi) is 6.07. The zero-order valence-corrected chi connectivity index (χ0v) is 16.8. The molecule has 1 aliphatic rings. The van der Waals surface area contributed by atoms with Gasteiger partial charge in [0.05, 0.1) is 5.56 Å². The molecule has 0 bridgehead atoms. The van der Waals surface area contributed by atoms with Crippen molar-refractivity contribution >= 4 is 11.7 Å². The maximum Gasteiger partial charge on any atom is 0.254 e. The fraction of sp³-hybridized carbons (Fsp3) is 0.200. The molecule has 6 heteroatoms. The van der Waals surface area contributed by atoms with E-state index in [-0.39, 0.29) is 23.5 Å². The van der Waals surface area contributed by atoms with Gasteiger partial charge in [0.15, 0.2) is 17.3 Å². The standard InChI is InChI=1S/C25H21F2NO3/c26-18-10-11-23(22(27)16-18)31-19-12-14-28(15-13-19)25(30)21-9-5-4-8-20(21)24(29)17-6-2-1-3-7-17/h1-11,16,19H,12-15H2. The van der Waals surface area contributed by atoms with E-state index in [0.29, 0.717) is 42.6 Å². The molecular formula is C25H21F2NO3. The molecule has 1 heterocycles. The molecule has 0 spiro atoms. The van der Waals surface area contributed by atoms with Crippen molar-refractivity contribution in [1.82, 2.24) is 4.90 Å². The zero-order valence-electron chi connectivity index (χ0n) is 16.8. The molecule has 1 saturated heterocycles. The van der Waals surface area contributed by atoms with Crippen LogP contribution in [0.5, 0.6) is 5.75 Å². The molecule has 4 rings (SSSR count). The monoisotopic (exact) mass is 421 g/mol. The third-order valence-electron chi connectivity index (χ3n) is 5.35. The summed E-state index contributed by atoms with van der Waals surface area (Å²) in [6, 6.07) is 18.9. The SMILES string of the molecule is O=C(c1ccccc1)c1ccccc1C(=O)N1CCC(Oc2ccc(F)cc2F)CC1. The van der Waals surface area contributed by atoms with Crippen molar-refractivity contribution in [1.29, 1.82) is 0 Å². The molecule has 0 aliphatic carbocycles. The summed E-state index contributed by atoms with van der Waals surface area (Å²) < 4.78 is 32.6. The van der Waals surface area contributed by atoms with Gasteiger partial charge in [-0.2, -0.15) is 0 Å². The maximum atomic E-state index is 13.8. The minimum atomic E-state index is -0.744. The topological polar surface area (TPSA) is 46.6 Å². The lowest BCUT2D eigenvalue weighted by molar-refractivity contribution is 0.0585. The molecule has 0 unspecified atom stereocenters. The summed E-state index contributed by atoms with van der Waals surface area (Å²) in [7, 11) is 0. The Morgan fingerprint density at radius 3 is 2.16 bits per heavy atom. The third kappa shape index (κ3) is 4.63. The van der Waals surface area contributed by atoms with Gasteiger partial charge in [-0.3, -0.25) is 9.59 Å². The number of nitrogens with zero attached hydrogens (tertiary/aromatic N) is 1. The summed E-state index contributed by atoms with van der Waals surface area (Å²) in [5.41, 5.74) is 1.25. The summed E-state index contributed by atoms with van der Waals surface area (Å²) in [5, 5.41) is 0. The maximum absolute atomic E-state index is 13.8.